The highest BCUT2D eigenvalue weighted by atomic mass is 79.9. The van der Waals surface area contributed by atoms with Crippen LogP contribution in [0.1, 0.15) is 24.0 Å². The number of unbranched alkanes of at least 4 members (excludes halogenated alkanes) is 1. The summed E-state index contributed by atoms with van der Waals surface area (Å²) in [5, 5.41) is 38.8. The molecule has 2 rings (SSSR count). The summed E-state index contributed by atoms with van der Waals surface area (Å²) in [6.07, 6.45) is 8.67. The van der Waals surface area contributed by atoms with E-state index in [1.807, 2.05) is 12.2 Å². The van der Waals surface area contributed by atoms with Gasteiger partial charge >= 0.3 is 0 Å². The van der Waals surface area contributed by atoms with Crippen molar-refractivity contribution in [1.82, 2.24) is 0 Å². The Morgan fingerprint density at radius 1 is 0.625 bits per heavy atom. The van der Waals surface area contributed by atoms with Gasteiger partial charge in [-0.25, -0.2) is 0 Å². The number of aromatic hydroxyl groups is 4. The van der Waals surface area contributed by atoms with Crippen molar-refractivity contribution >= 4 is 44.0 Å². The van der Waals surface area contributed by atoms with E-state index in [1.54, 1.807) is 12.2 Å². The third-order valence-corrected chi connectivity index (χ3v) is 4.56. The van der Waals surface area contributed by atoms with E-state index in [4.69, 9.17) is 0 Å². The van der Waals surface area contributed by atoms with Crippen molar-refractivity contribution in [3.8, 4) is 23.0 Å². The average molecular weight is 456 g/mol. The van der Waals surface area contributed by atoms with Crippen molar-refractivity contribution in [2.24, 2.45) is 0 Å². The maximum absolute atomic E-state index is 9.78. The Balaban J connectivity index is 1.93. The number of rotatable bonds is 5. The molecule has 4 N–H and O–H groups in total. The molecular weight excluding hydrogens is 440 g/mol. The lowest BCUT2D eigenvalue weighted by molar-refractivity contribution is 0.456. The third kappa shape index (κ3) is 4.79. The summed E-state index contributed by atoms with van der Waals surface area (Å²) in [4.78, 5) is 0. The molecule has 126 valence electrons. The number of hydrogen-bond acceptors (Lipinski definition) is 4. The summed E-state index contributed by atoms with van der Waals surface area (Å²) in [6, 6.07) is 5.85. The first-order valence-electron chi connectivity index (χ1n) is 7.14. The maximum atomic E-state index is 9.78. The van der Waals surface area contributed by atoms with Gasteiger partial charge in [0.25, 0.3) is 0 Å². The monoisotopic (exact) mass is 454 g/mol. The van der Waals surface area contributed by atoms with Gasteiger partial charge in [-0.3, -0.25) is 0 Å². The fourth-order valence-corrected chi connectivity index (χ4v) is 2.68. The molecule has 0 heterocycles. The lowest BCUT2D eigenvalue weighted by Crippen LogP contribution is -1.78. The van der Waals surface area contributed by atoms with Gasteiger partial charge in [-0.15, -0.1) is 0 Å². The van der Waals surface area contributed by atoms with Gasteiger partial charge in [-0.2, -0.15) is 0 Å². The smallest absolute Gasteiger partial charge is 0.130 e. The van der Waals surface area contributed by atoms with Crippen LogP contribution in [0.3, 0.4) is 0 Å². The maximum Gasteiger partial charge on any atom is 0.130 e. The molecule has 0 fully saturated rings. The van der Waals surface area contributed by atoms with Crippen molar-refractivity contribution in [3.63, 3.8) is 0 Å². The molecule has 0 saturated heterocycles. The lowest BCUT2D eigenvalue weighted by atomic mass is 10.1. The Bertz CT molecular complexity index is 731. The second kappa shape index (κ2) is 8.26. The lowest BCUT2D eigenvalue weighted by Gasteiger charge is -2.03. The quantitative estimate of drug-likeness (QED) is 0.352. The van der Waals surface area contributed by atoms with Gasteiger partial charge < -0.3 is 20.4 Å². The van der Waals surface area contributed by atoms with Crippen LogP contribution in [0.4, 0.5) is 0 Å². The molecule has 0 aliphatic carbocycles. The Hall–Kier alpha value is -1.92. The Morgan fingerprint density at radius 2 is 1.00 bits per heavy atom. The van der Waals surface area contributed by atoms with Crippen LogP contribution in [0, 0.1) is 0 Å². The average Bonchev–Trinajstić information content (AvgIpc) is 2.52. The van der Waals surface area contributed by atoms with Crippen LogP contribution in [0.5, 0.6) is 23.0 Å². The van der Waals surface area contributed by atoms with Crippen molar-refractivity contribution in [2.45, 2.75) is 12.8 Å². The van der Waals surface area contributed by atoms with E-state index < -0.39 is 0 Å². The van der Waals surface area contributed by atoms with Gasteiger partial charge in [0.1, 0.15) is 23.0 Å². The normalized spacial score (nSPS) is 11.6. The van der Waals surface area contributed by atoms with Crippen molar-refractivity contribution in [1.29, 1.82) is 0 Å². The minimum Gasteiger partial charge on any atom is -0.507 e. The van der Waals surface area contributed by atoms with Crippen LogP contribution in [-0.4, -0.2) is 20.4 Å². The molecule has 0 aliphatic rings. The summed E-state index contributed by atoms with van der Waals surface area (Å²) in [5.41, 5.74) is 1.07. The van der Waals surface area contributed by atoms with Crippen LogP contribution < -0.4 is 0 Å². The molecule has 0 radical (unpaired) electrons. The minimum atomic E-state index is 0.0675. The van der Waals surface area contributed by atoms with E-state index in [0.29, 0.717) is 20.1 Å². The molecule has 0 aliphatic heterocycles. The van der Waals surface area contributed by atoms with E-state index >= 15 is 0 Å². The van der Waals surface area contributed by atoms with Crippen LogP contribution in [0.25, 0.3) is 12.2 Å². The topological polar surface area (TPSA) is 80.9 Å². The molecule has 0 aromatic heterocycles. The predicted octanol–water partition coefficient (Wildman–Crippen LogP) is 5.54. The first kappa shape index (κ1) is 18.4. The van der Waals surface area contributed by atoms with Crippen LogP contribution >= 0.6 is 31.9 Å². The van der Waals surface area contributed by atoms with Gasteiger partial charge in [0, 0.05) is 11.1 Å². The second-order valence-corrected chi connectivity index (χ2v) is 6.82. The number of phenolic OH excluding ortho intramolecular Hbond substituents is 4. The number of hydrogen-bond donors (Lipinski definition) is 4. The summed E-state index contributed by atoms with van der Waals surface area (Å²) in [6.45, 7) is 0. The highest BCUT2D eigenvalue weighted by Crippen LogP contribution is 2.33. The number of allylic oxidation sites excluding steroid dienone is 2. The van der Waals surface area contributed by atoms with Crippen molar-refractivity contribution < 1.29 is 20.4 Å². The second-order valence-electron chi connectivity index (χ2n) is 5.11. The summed E-state index contributed by atoms with van der Waals surface area (Å²) in [7, 11) is 0. The first-order valence-corrected chi connectivity index (χ1v) is 8.73. The van der Waals surface area contributed by atoms with Gasteiger partial charge in [0.2, 0.25) is 0 Å². The van der Waals surface area contributed by atoms with Crippen LogP contribution in [0.15, 0.2) is 45.4 Å². The Labute approximate surface area is 156 Å². The van der Waals surface area contributed by atoms with Gasteiger partial charge in [-0.1, -0.05) is 24.3 Å². The van der Waals surface area contributed by atoms with E-state index in [-0.39, 0.29) is 23.0 Å². The van der Waals surface area contributed by atoms with Crippen LogP contribution in [-0.2, 0) is 0 Å². The molecule has 24 heavy (non-hydrogen) atoms. The van der Waals surface area contributed by atoms with E-state index in [0.717, 1.165) is 12.8 Å². The number of phenols is 4. The minimum absolute atomic E-state index is 0.0675. The molecule has 0 bridgehead atoms. The Morgan fingerprint density at radius 3 is 1.38 bits per heavy atom. The molecule has 6 heteroatoms. The molecule has 0 saturated carbocycles. The van der Waals surface area contributed by atoms with E-state index in [2.05, 4.69) is 31.9 Å². The summed E-state index contributed by atoms with van der Waals surface area (Å²) >= 11 is 6.27. The number of halogens is 2. The molecule has 2 aromatic rings. The SMILES string of the molecule is Oc1cc(C=CCCC=Cc2cc(O)c(Br)cc2O)c(O)cc1Br. The standard InChI is InChI=1S/C18H16Br2O4/c19-13-9-15(21)11(7-17(13)23)5-3-1-2-4-6-12-8-18(24)14(20)10-16(12)22/h3-10,21-24H,1-2H2. The number of benzene rings is 2. The zero-order chi connectivity index (χ0) is 17.7. The first-order chi connectivity index (χ1) is 11.4. The highest BCUT2D eigenvalue weighted by Gasteiger charge is 2.04. The van der Waals surface area contributed by atoms with Gasteiger partial charge in [-0.05, 0) is 69.0 Å². The Kier molecular flexibility index (Phi) is 6.34. The molecule has 0 amide bonds. The van der Waals surface area contributed by atoms with Crippen LogP contribution in [0.2, 0.25) is 0 Å². The van der Waals surface area contributed by atoms with Crippen molar-refractivity contribution in [3.05, 3.63) is 56.5 Å². The molecule has 0 unspecified atom stereocenters. The predicted molar refractivity (Wildman–Crippen MR) is 102 cm³/mol. The zero-order valence-corrected chi connectivity index (χ0v) is 15.7. The third-order valence-electron chi connectivity index (χ3n) is 3.29. The van der Waals surface area contributed by atoms with Gasteiger partial charge in [0.15, 0.2) is 0 Å². The zero-order valence-electron chi connectivity index (χ0n) is 12.6. The largest absolute Gasteiger partial charge is 0.507 e. The molecule has 4 nitrogen and oxygen atoms in total. The molecule has 0 atom stereocenters. The van der Waals surface area contributed by atoms with Gasteiger partial charge in [0.05, 0.1) is 8.95 Å². The van der Waals surface area contributed by atoms with E-state index in [1.165, 1.54) is 24.3 Å². The van der Waals surface area contributed by atoms with E-state index in [9.17, 15) is 20.4 Å². The summed E-state index contributed by atoms with van der Waals surface area (Å²) in [5.74, 6) is 0.305. The highest BCUT2D eigenvalue weighted by molar-refractivity contribution is 9.10. The molecule has 2 aromatic carbocycles. The fraction of sp³-hybridized carbons (Fsp3) is 0.111. The summed E-state index contributed by atoms with van der Waals surface area (Å²) < 4.78 is 0.885. The molecular formula is C18H16Br2O4. The van der Waals surface area contributed by atoms with Crippen molar-refractivity contribution in [2.75, 3.05) is 0 Å². The molecule has 0 spiro atoms. The fourth-order valence-electron chi connectivity index (χ4n) is 2.02.